The number of Topliss-reactive ketones (excluding diaryl/α,β-unsaturated/α-hetero) is 4. The summed E-state index contributed by atoms with van der Waals surface area (Å²) in [6.07, 6.45) is 6.64. The molecule has 8 rings (SSSR count). The van der Waals surface area contributed by atoms with Crippen molar-refractivity contribution in [3.8, 4) is 0 Å². The predicted molar refractivity (Wildman–Crippen MR) is 207 cm³/mol. The van der Waals surface area contributed by atoms with Gasteiger partial charge in [0.15, 0.2) is 34.7 Å². The normalized spacial score (nSPS) is 46.5. The van der Waals surface area contributed by atoms with E-state index < -0.39 is 93.3 Å². The molecule has 0 aromatic rings. The maximum absolute atomic E-state index is 14.5. The van der Waals surface area contributed by atoms with Gasteiger partial charge in [-0.25, -0.2) is 0 Å². The van der Waals surface area contributed by atoms with Gasteiger partial charge in [-0.2, -0.15) is 0 Å². The van der Waals surface area contributed by atoms with Crippen LogP contribution in [0.4, 0.5) is 0 Å². The standard InChI is InChI=1S/C46H58O12/c1-41-19-35(53)39-27(29(41)11-13-45(41,57)37(55)21-47)7-5-23-15-25(49)17-31(43(23,39)3)33(51)9-10-34(52)32-18-26(50)16-24-6-8-28-30-12-14-46(58,38(56)22-48)42(30,2)20-36(54)40(28)44(24,32)4/h15-18,27-30,35-36,39-40,47-48,53-54,57-58H,5-14,19-22H2,1-4H3/t27-,28-,29-,30-,35-,36-,39+,40+,41-,42-,43+,44+,45-,46-/m0/s1. The second-order valence-electron chi connectivity index (χ2n) is 20.0. The van der Waals surface area contributed by atoms with Gasteiger partial charge in [0.25, 0.3) is 0 Å². The smallest absolute Gasteiger partial charge is 0.190 e. The molecule has 0 heterocycles. The van der Waals surface area contributed by atoms with Crippen molar-refractivity contribution in [1.29, 1.82) is 0 Å². The summed E-state index contributed by atoms with van der Waals surface area (Å²) in [6, 6.07) is 0. The highest BCUT2D eigenvalue weighted by Gasteiger charge is 2.70. The van der Waals surface area contributed by atoms with Crippen LogP contribution in [0.15, 0.2) is 46.6 Å². The fourth-order valence-corrected chi connectivity index (χ4v) is 15.3. The quantitative estimate of drug-likeness (QED) is 0.198. The molecule has 6 saturated carbocycles. The Morgan fingerprint density at radius 3 is 1.31 bits per heavy atom. The van der Waals surface area contributed by atoms with Crippen LogP contribution in [0.3, 0.4) is 0 Å². The van der Waals surface area contributed by atoms with Crippen molar-refractivity contribution >= 4 is 34.7 Å². The maximum atomic E-state index is 14.5. The van der Waals surface area contributed by atoms with Crippen LogP contribution in [0.25, 0.3) is 0 Å². The Kier molecular flexibility index (Phi) is 9.74. The Morgan fingerprint density at radius 1 is 0.603 bits per heavy atom. The lowest BCUT2D eigenvalue weighted by Crippen LogP contribution is -2.62. The van der Waals surface area contributed by atoms with Crippen LogP contribution < -0.4 is 0 Å². The third-order valence-electron chi connectivity index (χ3n) is 18.1. The second kappa shape index (κ2) is 13.6. The first-order valence-corrected chi connectivity index (χ1v) is 21.3. The van der Waals surface area contributed by atoms with Gasteiger partial charge in [-0.3, -0.25) is 28.8 Å². The molecule has 6 N–H and O–H groups in total. The molecule has 14 atom stereocenters. The first-order chi connectivity index (χ1) is 27.2. The van der Waals surface area contributed by atoms with Crippen LogP contribution in [0.1, 0.15) is 105 Å². The summed E-state index contributed by atoms with van der Waals surface area (Å²) < 4.78 is 0. The Hall–Kier alpha value is -3.26. The van der Waals surface area contributed by atoms with Crippen LogP contribution >= 0.6 is 0 Å². The highest BCUT2D eigenvalue weighted by atomic mass is 16.3. The maximum Gasteiger partial charge on any atom is 0.190 e. The molecule has 12 nitrogen and oxygen atoms in total. The molecule has 0 aromatic carbocycles. The van der Waals surface area contributed by atoms with E-state index in [0.29, 0.717) is 38.5 Å². The molecule has 0 saturated heterocycles. The zero-order valence-corrected chi connectivity index (χ0v) is 34.0. The summed E-state index contributed by atoms with van der Waals surface area (Å²) in [7, 11) is 0. The SMILES string of the molecule is C[C@@]12C(=CC(=O)C=C1C(=O)CCC(=O)C1=CC(=O)C=C3CC[C@@H]4[C@H]([C@@H](O)C[C@@]5(C)[C@H]4CC[C@]5(O)C(=O)CO)[C@]31C)CC[C@@H]1[C@@H]2[C@@H](O)C[C@@]2(C)[C@H]1CC[C@]2(O)C(=O)CO. The molecule has 0 unspecified atom stereocenters. The van der Waals surface area contributed by atoms with Gasteiger partial charge in [-0.15, -0.1) is 0 Å². The summed E-state index contributed by atoms with van der Waals surface area (Å²) in [5.41, 5.74) is -5.81. The van der Waals surface area contributed by atoms with E-state index in [0.717, 1.165) is 11.1 Å². The molecule has 58 heavy (non-hydrogen) atoms. The summed E-state index contributed by atoms with van der Waals surface area (Å²) >= 11 is 0. The van der Waals surface area contributed by atoms with E-state index in [1.807, 2.05) is 13.8 Å². The van der Waals surface area contributed by atoms with Crippen molar-refractivity contribution in [3.05, 3.63) is 46.6 Å². The number of rotatable bonds is 9. The molecule has 12 heteroatoms. The average Bonchev–Trinajstić information content (AvgIpc) is 3.61. The van der Waals surface area contributed by atoms with Gasteiger partial charge < -0.3 is 30.6 Å². The zero-order valence-electron chi connectivity index (χ0n) is 34.0. The van der Waals surface area contributed by atoms with Gasteiger partial charge in [0.2, 0.25) is 0 Å². The molecule has 8 aliphatic carbocycles. The minimum absolute atomic E-state index is 0.0690. The van der Waals surface area contributed by atoms with Crippen LogP contribution in [0, 0.1) is 57.2 Å². The number of aliphatic hydroxyl groups is 6. The lowest BCUT2D eigenvalue weighted by molar-refractivity contribution is -0.179. The number of aliphatic hydroxyl groups excluding tert-OH is 4. The number of carbonyl (C=O) groups is 6. The van der Waals surface area contributed by atoms with E-state index in [9.17, 15) is 59.4 Å². The number of carbonyl (C=O) groups excluding carboxylic acids is 6. The summed E-state index contributed by atoms with van der Waals surface area (Å²) in [6.45, 7) is 5.74. The second-order valence-corrected chi connectivity index (χ2v) is 20.0. The van der Waals surface area contributed by atoms with E-state index in [4.69, 9.17) is 0 Å². The molecule has 314 valence electrons. The van der Waals surface area contributed by atoms with Gasteiger partial charge in [0.05, 0.1) is 12.2 Å². The number of ketones is 6. The van der Waals surface area contributed by atoms with Crippen molar-refractivity contribution in [1.82, 2.24) is 0 Å². The average molecular weight is 803 g/mol. The molecular weight excluding hydrogens is 744 g/mol. The van der Waals surface area contributed by atoms with Crippen LogP contribution in [0.5, 0.6) is 0 Å². The van der Waals surface area contributed by atoms with Gasteiger partial charge in [-0.05, 0) is 112 Å². The minimum Gasteiger partial charge on any atom is -0.393 e. The van der Waals surface area contributed by atoms with Crippen molar-refractivity contribution in [2.75, 3.05) is 13.2 Å². The molecule has 0 aromatic heterocycles. The third kappa shape index (κ3) is 5.27. The summed E-state index contributed by atoms with van der Waals surface area (Å²) in [5, 5.41) is 66.8. The molecule has 0 amide bonds. The largest absolute Gasteiger partial charge is 0.393 e. The molecule has 0 radical (unpaired) electrons. The van der Waals surface area contributed by atoms with Crippen molar-refractivity contribution in [2.24, 2.45) is 57.2 Å². The Labute approximate surface area is 338 Å². The van der Waals surface area contributed by atoms with E-state index in [2.05, 4.69) is 0 Å². The van der Waals surface area contributed by atoms with Crippen molar-refractivity contribution in [3.63, 3.8) is 0 Å². The lowest BCUT2D eigenvalue weighted by atomic mass is 9.44. The number of hydrogen-bond acceptors (Lipinski definition) is 12. The Bertz CT molecular complexity index is 1880. The van der Waals surface area contributed by atoms with Gasteiger partial charge in [0, 0.05) is 57.5 Å². The van der Waals surface area contributed by atoms with Crippen LogP contribution in [0.2, 0.25) is 0 Å². The molecule has 6 fully saturated rings. The molecule has 0 spiro atoms. The van der Waals surface area contributed by atoms with E-state index >= 15 is 0 Å². The van der Waals surface area contributed by atoms with Crippen molar-refractivity contribution in [2.45, 2.75) is 128 Å². The van der Waals surface area contributed by atoms with Gasteiger partial charge >= 0.3 is 0 Å². The van der Waals surface area contributed by atoms with Gasteiger partial charge in [0.1, 0.15) is 24.4 Å². The van der Waals surface area contributed by atoms with Gasteiger partial charge in [-0.1, -0.05) is 38.8 Å². The Balaban J connectivity index is 1.05. The number of hydrogen-bond donors (Lipinski definition) is 6. The third-order valence-corrected chi connectivity index (χ3v) is 18.1. The zero-order chi connectivity index (χ0) is 42.1. The highest BCUT2D eigenvalue weighted by molar-refractivity contribution is 6.13. The number of fused-ring (bicyclic) bond motifs is 10. The monoisotopic (exact) mass is 802 g/mol. The predicted octanol–water partition coefficient (Wildman–Crippen LogP) is 2.79. The summed E-state index contributed by atoms with van der Waals surface area (Å²) in [4.78, 5) is 81.2. The Morgan fingerprint density at radius 2 is 0.966 bits per heavy atom. The van der Waals surface area contributed by atoms with E-state index in [1.54, 1.807) is 13.8 Å². The minimum atomic E-state index is -1.79. The lowest BCUT2D eigenvalue weighted by Gasteiger charge is -2.60. The molecule has 0 bridgehead atoms. The van der Waals surface area contributed by atoms with Crippen LogP contribution in [-0.2, 0) is 28.8 Å². The molecule has 0 aliphatic heterocycles. The molecular formula is C46H58O12. The van der Waals surface area contributed by atoms with E-state index in [-0.39, 0.29) is 84.9 Å². The van der Waals surface area contributed by atoms with Crippen molar-refractivity contribution < 1.29 is 59.4 Å². The topological polar surface area (TPSA) is 224 Å². The van der Waals surface area contributed by atoms with Crippen LogP contribution in [-0.4, -0.2) is 102 Å². The van der Waals surface area contributed by atoms with E-state index in [1.165, 1.54) is 24.3 Å². The first kappa shape index (κ1) is 41.5. The first-order valence-electron chi connectivity index (χ1n) is 21.3. The fraction of sp³-hybridized carbons (Fsp3) is 0.696. The number of allylic oxidation sites excluding steroid dienone is 8. The molecule has 8 aliphatic rings. The fourth-order valence-electron chi connectivity index (χ4n) is 15.3. The highest BCUT2D eigenvalue weighted by Crippen LogP contribution is 2.70. The summed E-state index contributed by atoms with van der Waals surface area (Å²) in [5.74, 6) is -4.69.